The Hall–Kier alpha value is -3.09. The molecule has 1 fully saturated rings. The average Bonchev–Trinajstić information content (AvgIpc) is 2.90. The summed E-state index contributed by atoms with van der Waals surface area (Å²) >= 11 is 12.4. The first-order chi connectivity index (χ1) is 18.8. The number of nitro benzene ring substituents is 1. The molecule has 1 N–H and O–H groups in total. The average molecular weight is 616 g/mol. The lowest BCUT2D eigenvalue weighted by molar-refractivity contribution is -0.384. The fraction of sp³-hybridized carbons (Fsp3) is 0.462. The van der Waals surface area contributed by atoms with Gasteiger partial charge >= 0.3 is 0 Å². The molecule has 2 aromatic carbocycles. The Labute approximate surface area is 243 Å². The molecule has 218 valence electrons. The number of sulfonamides is 1. The first kappa shape index (κ1) is 31.4. The summed E-state index contributed by atoms with van der Waals surface area (Å²) in [5, 5.41) is 15.1. The van der Waals surface area contributed by atoms with Crippen LogP contribution in [-0.4, -0.2) is 62.0 Å². The predicted molar refractivity (Wildman–Crippen MR) is 153 cm³/mol. The van der Waals surface area contributed by atoms with Gasteiger partial charge in [-0.2, -0.15) is 0 Å². The third kappa shape index (κ3) is 7.98. The van der Waals surface area contributed by atoms with E-state index in [1.165, 1.54) is 24.1 Å². The van der Waals surface area contributed by atoms with Gasteiger partial charge in [-0.05, 0) is 43.5 Å². The van der Waals surface area contributed by atoms with E-state index in [1.54, 1.807) is 19.1 Å². The lowest BCUT2D eigenvalue weighted by atomic mass is 9.95. The van der Waals surface area contributed by atoms with Crippen LogP contribution >= 0.6 is 23.2 Å². The molecule has 3 rings (SSSR count). The molecule has 40 heavy (non-hydrogen) atoms. The van der Waals surface area contributed by atoms with Gasteiger partial charge in [0.2, 0.25) is 21.8 Å². The van der Waals surface area contributed by atoms with Gasteiger partial charge in [-0.3, -0.25) is 24.0 Å². The van der Waals surface area contributed by atoms with Gasteiger partial charge in [-0.25, -0.2) is 8.42 Å². The second kappa shape index (κ2) is 13.5. The van der Waals surface area contributed by atoms with Crippen molar-refractivity contribution in [1.82, 2.24) is 10.2 Å². The highest BCUT2D eigenvalue weighted by Crippen LogP contribution is 2.34. The van der Waals surface area contributed by atoms with E-state index >= 15 is 0 Å². The van der Waals surface area contributed by atoms with Crippen molar-refractivity contribution in [2.75, 3.05) is 24.2 Å². The number of anilines is 1. The standard InChI is InChI=1S/C26H32Cl2N4O7S/c1-17(26(34)29-20-7-5-4-6-8-20)30(15-18-9-10-19(27)13-22(18)28)25(33)16-31(40(3,37)38)23-14-21(32(35)36)11-12-24(23)39-2/h9-14,17,20H,4-8,15-16H2,1-3H3,(H,29,34)/t17-/m1/s1. The number of nitro groups is 1. The number of hydrogen-bond donors (Lipinski definition) is 1. The van der Waals surface area contributed by atoms with Crippen molar-refractivity contribution in [3.63, 3.8) is 0 Å². The topological polar surface area (TPSA) is 139 Å². The van der Waals surface area contributed by atoms with Gasteiger partial charge in [0.1, 0.15) is 24.0 Å². The smallest absolute Gasteiger partial charge is 0.271 e. The van der Waals surface area contributed by atoms with Crippen molar-refractivity contribution in [3.05, 3.63) is 62.1 Å². The number of carbonyl (C=O) groups excluding carboxylic acids is 2. The molecule has 0 bridgehead atoms. The predicted octanol–water partition coefficient (Wildman–Crippen LogP) is 4.54. The molecule has 0 saturated heterocycles. The maximum Gasteiger partial charge on any atom is 0.271 e. The first-order valence-corrected chi connectivity index (χ1v) is 15.3. The van der Waals surface area contributed by atoms with Crippen LogP contribution in [0.15, 0.2) is 36.4 Å². The van der Waals surface area contributed by atoms with E-state index in [0.29, 0.717) is 10.6 Å². The number of nitrogens with one attached hydrogen (secondary N) is 1. The number of rotatable bonds is 11. The van der Waals surface area contributed by atoms with Crippen LogP contribution in [-0.2, 0) is 26.2 Å². The Morgan fingerprint density at radius 1 is 1.15 bits per heavy atom. The Balaban J connectivity index is 1.98. The van der Waals surface area contributed by atoms with Crippen LogP contribution in [0, 0.1) is 10.1 Å². The zero-order valence-electron chi connectivity index (χ0n) is 22.4. The minimum absolute atomic E-state index is 0.0126. The molecule has 0 aliphatic heterocycles. The second-order valence-electron chi connectivity index (χ2n) is 9.66. The molecule has 14 heteroatoms. The van der Waals surface area contributed by atoms with Crippen LogP contribution in [0.25, 0.3) is 0 Å². The zero-order valence-corrected chi connectivity index (χ0v) is 24.8. The Kier molecular flexibility index (Phi) is 10.6. The van der Waals surface area contributed by atoms with Crippen LogP contribution in [0.4, 0.5) is 11.4 Å². The number of non-ortho nitro benzene ring substituents is 1. The quantitative estimate of drug-likeness (QED) is 0.289. The molecular formula is C26H32Cl2N4O7S. The lowest BCUT2D eigenvalue weighted by Gasteiger charge is -2.33. The van der Waals surface area contributed by atoms with Crippen LogP contribution in [0.1, 0.15) is 44.6 Å². The Bertz CT molecular complexity index is 1370. The summed E-state index contributed by atoms with van der Waals surface area (Å²) in [6.45, 7) is 0.693. The SMILES string of the molecule is COc1ccc([N+](=O)[O-])cc1N(CC(=O)N(Cc1ccc(Cl)cc1Cl)[C@H](C)C(=O)NC1CCCCC1)S(C)(=O)=O. The van der Waals surface area contributed by atoms with E-state index in [1.807, 2.05) is 0 Å². The molecule has 0 unspecified atom stereocenters. The zero-order chi connectivity index (χ0) is 29.6. The number of nitrogens with zero attached hydrogens (tertiary/aromatic N) is 3. The monoisotopic (exact) mass is 614 g/mol. The minimum Gasteiger partial charge on any atom is -0.495 e. The molecule has 0 heterocycles. The Morgan fingerprint density at radius 3 is 2.40 bits per heavy atom. The lowest BCUT2D eigenvalue weighted by Crippen LogP contribution is -2.53. The highest BCUT2D eigenvalue weighted by molar-refractivity contribution is 7.92. The second-order valence-corrected chi connectivity index (χ2v) is 12.4. The minimum atomic E-state index is -4.14. The van der Waals surface area contributed by atoms with Crippen LogP contribution in [0.5, 0.6) is 5.75 Å². The van der Waals surface area contributed by atoms with E-state index in [-0.39, 0.29) is 40.6 Å². The van der Waals surface area contributed by atoms with Crippen molar-refractivity contribution in [2.24, 2.45) is 0 Å². The van der Waals surface area contributed by atoms with E-state index < -0.39 is 33.4 Å². The molecule has 1 aliphatic carbocycles. The molecule has 11 nitrogen and oxygen atoms in total. The Morgan fingerprint density at radius 2 is 1.82 bits per heavy atom. The molecule has 2 aromatic rings. The third-order valence-corrected chi connectivity index (χ3v) is 8.51. The number of carbonyl (C=O) groups is 2. The third-order valence-electron chi connectivity index (χ3n) is 6.80. The van der Waals surface area contributed by atoms with Gasteiger partial charge in [0.15, 0.2) is 0 Å². The van der Waals surface area contributed by atoms with Gasteiger partial charge < -0.3 is 15.0 Å². The fourth-order valence-electron chi connectivity index (χ4n) is 4.57. The van der Waals surface area contributed by atoms with Crippen molar-refractivity contribution in [3.8, 4) is 5.75 Å². The van der Waals surface area contributed by atoms with E-state index in [2.05, 4.69) is 5.32 Å². The van der Waals surface area contributed by atoms with Crippen LogP contribution in [0.2, 0.25) is 10.0 Å². The number of ether oxygens (including phenoxy) is 1. The van der Waals surface area contributed by atoms with E-state index in [9.17, 15) is 28.1 Å². The first-order valence-electron chi connectivity index (χ1n) is 12.7. The number of methoxy groups -OCH3 is 1. The summed E-state index contributed by atoms with van der Waals surface area (Å²) in [6.07, 6.45) is 5.64. The highest BCUT2D eigenvalue weighted by atomic mass is 35.5. The molecule has 0 aromatic heterocycles. The number of halogens is 2. The maximum absolute atomic E-state index is 13.8. The molecule has 1 atom stereocenters. The van der Waals surface area contributed by atoms with Crippen molar-refractivity contribution in [1.29, 1.82) is 0 Å². The van der Waals surface area contributed by atoms with Gasteiger partial charge in [0, 0.05) is 34.8 Å². The summed E-state index contributed by atoms with van der Waals surface area (Å²) in [7, 11) is -2.86. The van der Waals surface area contributed by atoms with Gasteiger partial charge in [0.25, 0.3) is 5.69 Å². The largest absolute Gasteiger partial charge is 0.495 e. The van der Waals surface area contributed by atoms with Crippen molar-refractivity contribution in [2.45, 2.75) is 57.7 Å². The molecule has 1 saturated carbocycles. The number of hydrogen-bond acceptors (Lipinski definition) is 7. The summed E-state index contributed by atoms with van der Waals surface area (Å²) in [4.78, 5) is 39.0. The van der Waals surface area contributed by atoms with Crippen LogP contribution < -0.4 is 14.4 Å². The van der Waals surface area contributed by atoms with Crippen molar-refractivity contribution >= 4 is 56.4 Å². The van der Waals surface area contributed by atoms with E-state index in [0.717, 1.165) is 54.8 Å². The van der Waals surface area contributed by atoms with Gasteiger partial charge in [-0.15, -0.1) is 0 Å². The summed E-state index contributed by atoms with van der Waals surface area (Å²) in [5.41, 5.74) is -0.0752. The summed E-state index contributed by atoms with van der Waals surface area (Å²) in [6, 6.07) is 7.15. The number of benzene rings is 2. The van der Waals surface area contributed by atoms with Gasteiger partial charge in [-0.1, -0.05) is 48.5 Å². The summed E-state index contributed by atoms with van der Waals surface area (Å²) < 4.78 is 31.7. The molecule has 0 radical (unpaired) electrons. The molecular weight excluding hydrogens is 583 g/mol. The van der Waals surface area contributed by atoms with E-state index in [4.69, 9.17) is 27.9 Å². The molecule has 0 spiro atoms. The highest BCUT2D eigenvalue weighted by Gasteiger charge is 2.33. The summed E-state index contributed by atoms with van der Waals surface area (Å²) in [5.74, 6) is -1.10. The van der Waals surface area contributed by atoms with Crippen molar-refractivity contribution < 1.29 is 27.7 Å². The van der Waals surface area contributed by atoms with Gasteiger partial charge in [0.05, 0.1) is 18.3 Å². The van der Waals surface area contributed by atoms with Crippen LogP contribution in [0.3, 0.4) is 0 Å². The fourth-order valence-corrected chi connectivity index (χ4v) is 5.88. The normalized spacial score (nSPS) is 14.7. The molecule has 1 aliphatic rings. The number of amides is 2. The maximum atomic E-state index is 13.8. The molecule has 2 amide bonds.